The topological polar surface area (TPSA) is 92.4 Å². The molecule has 0 heterocycles. The number of hydrogen-bond donors (Lipinski definition) is 3. The molecule has 1 unspecified atom stereocenters. The maximum absolute atomic E-state index is 12.2. The van der Waals surface area contributed by atoms with Crippen molar-refractivity contribution in [2.75, 3.05) is 6.54 Å². The number of amides is 1. The monoisotopic (exact) mass is 242 g/mol. The van der Waals surface area contributed by atoms with Gasteiger partial charge in [0.05, 0.1) is 11.8 Å². The van der Waals surface area contributed by atoms with Gasteiger partial charge in [0.15, 0.2) is 0 Å². The Morgan fingerprint density at radius 3 is 2.41 bits per heavy atom. The molecule has 4 N–H and O–H groups in total. The van der Waals surface area contributed by atoms with Gasteiger partial charge in [-0.2, -0.15) is 0 Å². The van der Waals surface area contributed by atoms with E-state index in [1.807, 2.05) is 6.92 Å². The van der Waals surface area contributed by atoms with Crippen molar-refractivity contribution in [1.29, 1.82) is 0 Å². The molecule has 0 spiro atoms. The Balaban J connectivity index is 2.59. The summed E-state index contributed by atoms with van der Waals surface area (Å²) in [6.07, 6.45) is 4.29. The molecule has 0 aliphatic heterocycles. The summed E-state index contributed by atoms with van der Waals surface area (Å²) in [5.41, 5.74) is 5.26. The fraction of sp³-hybridized carbons (Fsp3) is 0.833. The largest absolute Gasteiger partial charge is 0.481 e. The summed E-state index contributed by atoms with van der Waals surface area (Å²) >= 11 is 0. The summed E-state index contributed by atoms with van der Waals surface area (Å²) in [5, 5.41) is 11.6. The first-order chi connectivity index (χ1) is 8.04. The van der Waals surface area contributed by atoms with Crippen molar-refractivity contribution in [1.82, 2.24) is 5.32 Å². The lowest BCUT2D eigenvalue weighted by Crippen LogP contribution is -2.48. The van der Waals surface area contributed by atoms with E-state index < -0.39 is 11.4 Å². The van der Waals surface area contributed by atoms with Crippen LogP contribution in [0.4, 0.5) is 0 Å². The first kappa shape index (κ1) is 14.0. The van der Waals surface area contributed by atoms with Crippen molar-refractivity contribution < 1.29 is 14.7 Å². The van der Waals surface area contributed by atoms with Gasteiger partial charge in [0.1, 0.15) is 0 Å². The first-order valence-electron chi connectivity index (χ1n) is 6.27. The van der Waals surface area contributed by atoms with E-state index in [9.17, 15) is 9.59 Å². The molecule has 0 aromatic heterocycles. The van der Waals surface area contributed by atoms with Gasteiger partial charge in [0.25, 0.3) is 0 Å². The molecule has 5 heteroatoms. The van der Waals surface area contributed by atoms with E-state index in [4.69, 9.17) is 10.8 Å². The number of nitrogens with one attached hydrogen (secondary N) is 1. The van der Waals surface area contributed by atoms with E-state index in [2.05, 4.69) is 5.32 Å². The Morgan fingerprint density at radius 2 is 2.00 bits per heavy atom. The number of carboxylic acids is 1. The third-order valence-corrected chi connectivity index (χ3v) is 3.68. The van der Waals surface area contributed by atoms with E-state index in [1.54, 1.807) is 0 Å². The van der Waals surface area contributed by atoms with E-state index in [-0.39, 0.29) is 18.4 Å². The molecule has 0 bridgehead atoms. The van der Waals surface area contributed by atoms with Crippen LogP contribution in [0.3, 0.4) is 0 Å². The highest BCUT2D eigenvalue weighted by Gasteiger charge is 2.40. The van der Waals surface area contributed by atoms with Crippen LogP contribution < -0.4 is 11.1 Å². The highest BCUT2D eigenvalue weighted by atomic mass is 16.4. The zero-order valence-corrected chi connectivity index (χ0v) is 10.4. The van der Waals surface area contributed by atoms with Gasteiger partial charge in [-0.1, -0.05) is 19.8 Å². The molecule has 1 saturated carbocycles. The van der Waals surface area contributed by atoms with Crippen molar-refractivity contribution in [3.8, 4) is 0 Å². The molecule has 5 nitrogen and oxygen atoms in total. The van der Waals surface area contributed by atoms with E-state index >= 15 is 0 Å². The van der Waals surface area contributed by atoms with Gasteiger partial charge < -0.3 is 16.2 Å². The van der Waals surface area contributed by atoms with Crippen LogP contribution in [0.25, 0.3) is 0 Å². The van der Waals surface area contributed by atoms with Crippen LogP contribution in [0, 0.1) is 5.41 Å². The lowest BCUT2D eigenvalue weighted by atomic mass is 9.85. The average molecular weight is 242 g/mol. The van der Waals surface area contributed by atoms with Crippen molar-refractivity contribution in [2.24, 2.45) is 11.1 Å². The van der Waals surface area contributed by atoms with Crippen LogP contribution in [0.15, 0.2) is 0 Å². The van der Waals surface area contributed by atoms with Gasteiger partial charge in [-0.25, -0.2) is 0 Å². The Bertz CT molecular complexity index is 285. The third-order valence-electron chi connectivity index (χ3n) is 3.68. The van der Waals surface area contributed by atoms with Crippen LogP contribution in [0.1, 0.15) is 45.4 Å². The Morgan fingerprint density at radius 1 is 1.41 bits per heavy atom. The molecule has 1 fully saturated rings. The molecule has 1 atom stereocenters. The number of hydrogen-bond acceptors (Lipinski definition) is 3. The Hall–Kier alpha value is -1.10. The third kappa shape index (κ3) is 3.43. The SMILES string of the molecule is CCC(CC(=O)O)NC(=O)C1(CN)CCCC1. The lowest BCUT2D eigenvalue weighted by molar-refractivity contribution is -0.138. The highest BCUT2D eigenvalue weighted by molar-refractivity contribution is 5.84. The molecule has 0 saturated heterocycles. The predicted octanol–water partition coefficient (Wildman–Crippen LogP) is 0.875. The fourth-order valence-corrected chi connectivity index (χ4v) is 2.42. The summed E-state index contributed by atoms with van der Waals surface area (Å²) in [4.78, 5) is 22.8. The standard InChI is InChI=1S/C12H22N2O3/c1-2-9(7-10(15)16)14-11(17)12(8-13)5-3-4-6-12/h9H,2-8,13H2,1H3,(H,14,17)(H,15,16). The minimum absolute atomic E-state index is 0.0249. The number of carbonyl (C=O) groups excluding carboxylic acids is 1. The van der Waals surface area contributed by atoms with E-state index in [0.717, 1.165) is 25.7 Å². The number of nitrogens with two attached hydrogens (primary N) is 1. The Labute approximate surface area is 102 Å². The number of carboxylic acid groups (broad SMARTS) is 1. The summed E-state index contributed by atoms with van der Waals surface area (Å²) in [6.45, 7) is 2.22. The highest BCUT2D eigenvalue weighted by Crippen LogP contribution is 2.37. The molecule has 1 aliphatic carbocycles. The van der Waals surface area contributed by atoms with Gasteiger partial charge in [-0.15, -0.1) is 0 Å². The molecule has 0 radical (unpaired) electrons. The molecule has 0 aromatic rings. The molecule has 98 valence electrons. The minimum Gasteiger partial charge on any atom is -0.481 e. The van der Waals surface area contributed by atoms with Crippen molar-refractivity contribution in [3.63, 3.8) is 0 Å². The average Bonchev–Trinajstić information content (AvgIpc) is 2.77. The fourth-order valence-electron chi connectivity index (χ4n) is 2.42. The second kappa shape index (κ2) is 6.00. The molecular formula is C12H22N2O3. The first-order valence-corrected chi connectivity index (χ1v) is 6.27. The van der Waals surface area contributed by atoms with Crippen LogP contribution in [-0.2, 0) is 9.59 Å². The molecule has 1 aliphatic rings. The zero-order valence-electron chi connectivity index (χ0n) is 10.4. The molecule has 17 heavy (non-hydrogen) atoms. The molecule has 0 aromatic carbocycles. The van der Waals surface area contributed by atoms with E-state index in [1.165, 1.54) is 0 Å². The quantitative estimate of drug-likeness (QED) is 0.644. The van der Waals surface area contributed by atoms with Crippen LogP contribution in [0.5, 0.6) is 0 Å². The summed E-state index contributed by atoms with van der Waals surface area (Å²) < 4.78 is 0. The van der Waals surface area contributed by atoms with Crippen LogP contribution in [-0.4, -0.2) is 29.6 Å². The van der Waals surface area contributed by atoms with Crippen molar-refractivity contribution in [2.45, 2.75) is 51.5 Å². The van der Waals surface area contributed by atoms with Crippen molar-refractivity contribution in [3.05, 3.63) is 0 Å². The van der Waals surface area contributed by atoms with Gasteiger partial charge in [-0.05, 0) is 19.3 Å². The van der Waals surface area contributed by atoms with Crippen molar-refractivity contribution >= 4 is 11.9 Å². The lowest BCUT2D eigenvalue weighted by Gasteiger charge is -2.28. The number of rotatable bonds is 6. The van der Waals surface area contributed by atoms with Crippen LogP contribution >= 0.6 is 0 Å². The van der Waals surface area contributed by atoms with Gasteiger partial charge in [0, 0.05) is 12.6 Å². The van der Waals surface area contributed by atoms with Gasteiger partial charge in [0.2, 0.25) is 5.91 Å². The summed E-state index contributed by atoms with van der Waals surface area (Å²) in [5.74, 6) is -0.948. The Kier molecular flexibility index (Phi) is 4.93. The molecular weight excluding hydrogens is 220 g/mol. The van der Waals surface area contributed by atoms with Gasteiger partial charge in [-0.3, -0.25) is 9.59 Å². The van der Waals surface area contributed by atoms with Crippen LogP contribution in [0.2, 0.25) is 0 Å². The normalized spacial score (nSPS) is 19.9. The maximum Gasteiger partial charge on any atom is 0.305 e. The molecule has 1 amide bonds. The van der Waals surface area contributed by atoms with E-state index in [0.29, 0.717) is 13.0 Å². The smallest absolute Gasteiger partial charge is 0.305 e. The number of carbonyl (C=O) groups is 2. The second-order valence-electron chi connectivity index (χ2n) is 4.87. The zero-order chi connectivity index (χ0) is 12.9. The molecule has 1 rings (SSSR count). The summed E-state index contributed by atoms with van der Waals surface area (Å²) in [7, 11) is 0. The predicted molar refractivity (Wildman–Crippen MR) is 64.4 cm³/mol. The second-order valence-corrected chi connectivity index (χ2v) is 4.87. The minimum atomic E-state index is -0.884. The maximum atomic E-state index is 12.2. The number of aliphatic carboxylic acids is 1. The van der Waals surface area contributed by atoms with Gasteiger partial charge >= 0.3 is 5.97 Å². The summed E-state index contributed by atoms with van der Waals surface area (Å²) in [6, 6.07) is -0.288.